The van der Waals surface area contributed by atoms with E-state index < -0.39 is 18.2 Å². The largest absolute Gasteiger partial charge is 0.504 e. The number of carbonyl (C=O) groups is 1. The maximum Gasteiger partial charge on any atom is 0.337 e. The standard InChI is InChI=1S/C17H16O7/c1-22-17(21)10-3-5-13-14(7-10)24-16(15(8-18)23-13)9-2-4-11(19)12(20)6-9/h2-7,15-16,18-20H,8H2,1H3. The van der Waals surface area contributed by atoms with Gasteiger partial charge in [0.2, 0.25) is 0 Å². The predicted molar refractivity (Wildman–Crippen MR) is 82.4 cm³/mol. The molecule has 126 valence electrons. The molecule has 0 saturated carbocycles. The third-order valence-corrected chi connectivity index (χ3v) is 3.74. The number of hydrogen-bond acceptors (Lipinski definition) is 7. The number of phenolic OH excluding ortho intramolecular Hbond substituents is 2. The van der Waals surface area contributed by atoms with Gasteiger partial charge in [0.05, 0.1) is 19.3 Å². The Morgan fingerprint density at radius 3 is 2.54 bits per heavy atom. The number of fused-ring (bicyclic) bond motifs is 1. The fourth-order valence-corrected chi connectivity index (χ4v) is 2.51. The lowest BCUT2D eigenvalue weighted by Crippen LogP contribution is -2.36. The molecule has 7 heteroatoms. The smallest absolute Gasteiger partial charge is 0.337 e. The first-order valence-corrected chi connectivity index (χ1v) is 7.22. The van der Waals surface area contributed by atoms with Crippen LogP contribution in [0.1, 0.15) is 22.0 Å². The van der Waals surface area contributed by atoms with Crippen LogP contribution in [-0.2, 0) is 4.74 Å². The maximum absolute atomic E-state index is 11.6. The van der Waals surface area contributed by atoms with Gasteiger partial charge in [-0.1, -0.05) is 6.07 Å². The van der Waals surface area contributed by atoms with Gasteiger partial charge in [0, 0.05) is 5.56 Å². The summed E-state index contributed by atoms with van der Waals surface area (Å²) in [7, 11) is 1.28. The lowest BCUT2D eigenvalue weighted by molar-refractivity contribution is -0.0125. The van der Waals surface area contributed by atoms with Crippen LogP contribution >= 0.6 is 0 Å². The molecule has 1 heterocycles. The monoisotopic (exact) mass is 332 g/mol. The normalized spacial score (nSPS) is 18.9. The van der Waals surface area contributed by atoms with Crippen molar-refractivity contribution in [1.82, 2.24) is 0 Å². The number of aliphatic hydroxyl groups is 1. The fourth-order valence-electron chi connectivity index (χ4n) is 2.51. The van der Waals surface area contributed by atoms with E-state index in [1.165, 1.54) is 31.4 Å². The van der Waals surface area contributed by atoms with Crippen molar-refractivity contribution in [2.45, 2.75) is 12.2 Å². The molecule has 0 spiro atoms. The summed E-state index contributed by atoms with van der Waals surface area (Å²) in [6.07, 6.45) is -1.42. The zero-order chi connectivity index (χ0) is 17.3. The Kier molecular flexibility index (Phi) is 4.18. The van der Waals surface area contributed by atoms with Gasteiger partial charge in [-0.05, 0) is 30.3 Å². The molecular weight excluding hydrogens is 316 g/mol. The molecule has 0 radical (unpaired) electrons. The second-order valence-corrected chi connectivity index (χ2v) is 5.28. The molecular formula is C17H16O7. The van der Waals surface area contributed by atoms with Crippen molar-refractivity contribution in [1.29, 1.82) is 0 Å². The Bertz CT molecular complexity index is 772. The number of esters is 1. The third kappa shape index (κ3) is 2.81. The first-order chi connectivity index (χ1) is 11.5. The Labute approximate surface area is 137 Å². The van der Waals surface area contributed by atoms with Gasteiger partial charge in [-0.25, -0.2) is 4.79 Å². The van der Waals surface area contributed by atoms with E-state index in [0.29, 0.717) is 22.6 Å². The Morgan fingerprint density at radius 1 is 1.08 bits per heavy atom. The summed E-state index contributed by atoms with van der Waals surface area (Å²) < 4.78 is 16.3. The summed E-state index contributed by atoms with van der Waals surface area (Å²) in [4.78, 5) is 11.6. The van der Waals surface area contributed by atoms with E-state index in [1.807, 2.05) is 0 Å². The molecule has 1 aliphatic heterocycles. The first-order valence-electron chi connectivity index (χ1n) is 7.22. The highest BCUT2D eigenvalue weighted by Crippen LogP contribution is 2.41. The number of rotatable bonds is 3. The van der Waals surface area contributed by atoms with E-state index >= 15 is 0 Å². The summed E-state index contributed by atoms with van der Waals surface area (Å²) in [5.41, 5.74) is 0.813. The first kappa shape index (κ1) is 15.9. The minimum absolute atomic E-state index is 0.260. The van der Waals surface area contributed by atoms with Crippen LogP contribution in [0, 0.1) is 0 Å². The van der Waals surface area contributed by atoms with Gasteiger partial charge in [-0.15, -0.1) is 0 Å². The number of phenols is 2. The van der Waals surface area contributed by atoms with Crippen LogP contribution in [-0.4, -0.2) is 41.1 Å². The molecule has 0 amide bonds. The lowest BCUT2D eigenvalue weighted by Gasteiger charge is -2.33. The van der Waals surface area contributed by atoms with E-state index in [0.717, 1.165) is 0 Å². The van der Waals surface area contributed by atoms with E-state index in [1.54, 1.807) is 12.1 Å². The molecule has 2 aromatic carbocycles. The summed E-state index contributed by atoms with van der Waals surface area (Å²) in [6, 6.07) is 8.80. The number of hydrogen-bond donors (Lipinski definition) is 3. The van der Waals surface area contributed by atoms with Crippen LogP contribution < -0.4 is 9.47 Å². The topological polar surface area (TPSA) is 105 Å². The van der Waals surface area contributed by atoms with Crippen molar-refractivity contribution in [2.24, 2.45) is 0 Å². The minimum atomic E-state index is -0.720. The van der Waals surface area contributed by atoms with Crippen molar-refractivity contribution >= 4 is 5.97 Å². The molecule has 24 heavy (non-hydrogen) atoms. The van der Waals surface area contributed by atoms with Gasteiger partial charge in [-0.2, -0.15) is 0 Å². The van der Waals surface area contributed by atoms with Gasteiger partial charge in [0.1, 0.15) is 0 Å². The van der Waals surface area contributed by atoms with E-state index in [4.69, 9.17) is 9.47 Å². The molecule has 0 bridgehead atoms. The van der Waals surface area contributed by atoms with E-state index in [-0.39, 0.29) is 18.1 Å². The molecule has 0 aliphatic carbocycles. The second kappa shape index (κ2) is 6.29. The molecule has 3 N–H and O–H groups in total. The van der Waals surface area contributed by atoms with Crippen molar-refractivity contribution in [3.8, 4) is 23.0 Å². The van der Waals surface area contributed by atoms with Crippen molar-refractivity contribution < 1.29 is 34.3 Å². The zero-order valence-electron chi connectivity index (χ0n) is 12.8. The number of ether oxygens (including phenoxy) is 3. The van der Waals surface area contributed by atoms with Crippen molar-refractivity contribution in [2.75, 3.05) is 13.7 Å². The molecule has 2 unspecified atom stereocenters. The van der Waals surface area contributed by atoms with Gasteiger partial charge >= 0.3 is 5.97 Å². The summed E-state index contributed by atoms with van der Waals surface area (Å²) >= 11 is 0. The van der Waals surface area contributed by atoms with Crippen LogP contribution in [0.5, 0.6) is 23.0 Å². The number of carbonyl (C=O) groups excluding carboxylic acids is 1. The maximum atomic E-state index is 11.6. The number of aromatic hydroxyl groups is 2. The van der Waals surface area contributed by atoms with Crippen LogP contribution in [0.4, 0.5) is 0 Å². The van der Waals surface area contributed by atoms with Crippen molar-refractivity contribution in [3.05, 3.63) is 47.5 Å². The highest BCUT2D eigenvalue weighted by molar-refractivity contribution is 5.90. The lowest BCUT2D eigenvalue weighted by atomic mass is 10.0. The van der Waals surface area contributed by atoms with Gasteiger partial charge in [0.25, 0.3) is 0 Å². The van der Waals surface area contributed by atoms with Crippen LogP contribution in [0.2, 0.25) is 0 Å². The Balaban J connectivity index is 1.97. The second-order valence-electron chi connectivity index (χ2n) is 5.28. The van der Waals surface area contributed by atoms with Crippen molar-refractivity contribution in [3.63, 3.8) is 0 Å². The minimum Gasteiger partial charge on any atom is -0.504 e. The quantitative estimate of drug-likeness (QED) is 0.581. The molecule has 0 aromatic heterocycles. The highest BCUT2D eigenvalue weighted by atomic mass is 16.6. The summed E-state index contributed by atoms with van der Waals surface area (Å²) in [6.45, 7) is -0.315. The molecule has 3 rings (SSSR count). The average Bonchev–Trinajstić information content (AvgIpc) is 2.61. The molecule has 7 nitrogen and oxygen atoms in total. The molecule has 0 fully saturated rings. The molecule has 1 aliphatic rings. The third-order valence-electron chi connectivity index (χ3n) is 3.74. The average molecular weight is 332 g/mol. The SMILES string of the molecule is COC(=O)c1ccc2c(c1)OC(c1ccc(O)c(O)c1)C(CO)O2. The number of methoxy groups -OCH3 is 1. The zero-order valence-corrected chi connectivity index (χ0v) is 12.8. The van der Waals surface area contributed by atoms with Gasteiger partial charge in [0.15, 0.2) is 35.2 Å². The van der Waals surface area contributed by atoms with Gasteiger partial charge in [-0.3, -0.25) is 0 Å². The fraction of sp³-hybridized carbons (Fsp3) is 0.235. The molecule has 2 atom stereocenters. The summed E-state index contributed by atoms with van der Waals surface area (Å²) in [5.74, 6) is -0.364. The number of benzene rings is 2. The van der Waals surface area contributed by atoms with Crippen LogP contribution in [0.3, 0.4) is 0 Å². The van der Waals surface area contributed by atoms with E-state index in [9.17, 15) is 20.1 Å². The number of aliphatic hydroxyl groups excluding tert-OH is 1. The molecule has 2 aromatic rings. The van der Waals surface area contributed by atoms with Crippen LogP contribution in [0.25, 0.3) is 0 Å². The summed E-state index contributed by atoms with van der Waals surface area (Å²) in [5, 5.41) is 28.7. The predicted octanol–water partition coefficient (Wildman–Crippen LogP) is 1.76. The van der Waals surface area contributed by atoms with Crippen LogP contribution in [0.15, 0.2) is 36.4 Å². The highest BCUT2D eigenvalue weighted by Gasteiger charge is 2.33. The Hall–Kier alpha value is -2.93. The van der Waals surface area contributed by atoms with E-state index in [2.05, 4.69) is 4.74 Å². The van der Waals surface area contributed by atoms with Gasteiger partial charge < -0.3 is 29.5 Å². The Morgan fingerprint density at radius 2 is 1.88 bits per heavy atom. The molecule has 0 saturated heterocycles.